The van der Waals surface area contributed by atoms with Gasteiger partial charge < -0.3 is 19.7 Å². The first-order valence-electron chi connectivity index (χ1n) is 17.0. The Balaban J connectivity index is 1.56. The number of sulfonamides is 1. The molecule has 272 valence electrons. The molecule has 0 bridgehead atoms. The average molecular weight is 734 g/mol. The van der Waals surface area contributed by atoms with E-state index in [-0.39, 0.29) is 59.7 Å². The largest absolute Gasteiger partial charge is 0.447 e. The molecule has 1 aliphatic rings. The number of nitrogens with one attached hydrogen (secondary N) is 2. The van der Waals surface area contributed by atoms with Crippen LogP contribution < -0.4 is 10.0 Å². The average Bonchev–Trinajstić information content (AvgIpc) is 3.07. The number of halogens is 3. The topological polar surface area (TPSA) is 114 Å². The van der Waals surface area contributed by atoms with Crippen LogP contribution in [0.3, 0.4) is 0 Å². The number of carbonyl (C=O) groups excluding carboxylic acids is 2. The zero-order chi connectivity index (χ0) is 36.3. The van der Waals surface area contributed by atoms with Crippen molar-refractivity contribution in [2.45, 2.75) is 82.3 Å². The van der Waals surface area contributed by atoms with Crippen LogP contribution in [0, 0.1) is 17.6 Å². The first-order valence-corrected chi connectivity index (χ1v) is 18.9. The summed E-state index contributed by atoms with van der Waals surface area (Å²) in [4.78, 5) is 27.8. The molecular formula is C37H46ClF2N3O6S. The highest BCUT2D eigenvalue weighted by Crippen LogP contribution is 2.36. The van der Waals surface area contributed by atoms with Crippen molar-refractivity contribution in [1.29, 1.82) is 0 Å². The van der Waals surface area contributed by atoms with Crippen molar-refractivity contribution in [3.8, 4) is 0 Å². The van der Waals surface area contributed by atoms with Gasteiger partial charge >= 0.3 is 6.09 Å². The number of ether oxygens (including phenoxy) is 2. The molecule has 0 radical (unpaired) electrons. The van der Waals surface area contributed by atoms with Crippen LogP contribution in [0.1, 0.15) is 69.9 Å². The summed E-state index contributed by atoms with van der Waals surface area (Å²) in [5, 5.41) is 3.51. The lowest BCUT2D eigenvalue weighted by Gasteiger charge is -2.30. The molecule has 0 saturated carbocycles. The molecule has 50 heavy (non-hydrogen) atoms. The maximum Gasteiger partial charge on any atom is 0.410 e. The van der Waals surface area contributed by atoms with E-state index in [4.69, 9.17) is 21.1 Å². The molecule has 13 heteroatoms. The molecule has 1 fully saturated rings. The van der Waals surface area contributed by atoms with E-state index in [0.717, 1.165) is 42.7 Å². The number of anilines is 1. The van der Waals surface area contributed by atoms with Crippen LogP contribution in [0.5, 0.6) is 0 Å². The Bertz CT molecular complexity index is 1670. The van der Waals surface area contributed by atoms with Gasteiger partial charge in [-0.2, -0.15) is 0 Å². The van der Waals surface area contributed by atoms with E-state index in [0.29, 0.717) is 31.2 Å². The molecule has 1 aliphatic heterocycles. The summed E-state index contributed by atoms with van der Waals surface area (Å²) < 4.78 is 69.4. The second-order valence-electron chi connectivity index (χ2n) is 12.8. The van der Waals surface area contributed by atoms with Crippen LogP contribution in [0.25, 0.3) is 0 Å². The SMILES string of the molecule is CCCN(CC(CCc1c(F)cccc1NC(=O)CC(c1ccc(Cl)cc1)C1CCOCC1)NS(=O)(=O)c1ccc(F)cc1)C(=O)OC(C)C. The van der Waals surface area contributed by atoms with E-state index in [1.807, 2.05) is 19.1 Å². The molecule has 2 N–H and O–H groups in total. The van der Waals surface area contributed by atoms with Crippen LogP contribution in [0.15, 0.2) is 71.6 Å². The third-order valence-corrected chi connectivity index (χ3v) is 10.4. The molecular weight excluding hydrogens is 688 g/mol. The summed E-state index contributed by atoms with van der Waals surface area (Å²) in [6, 6.07) is 15.3. The van der Waals surface area contributed by atoms with Crippen molar-refractivity contribution in [3.05, 3.63) is 94.5 Å². The molecule has 0 aromatic heterocycles. The van der Waals surface area contributed by atoms with Gasteiger partial charge in [-0.25, -0.2) is 26.7 Å². The van der Waals surface area contributed by atoms with Crippen molar-refractivity contribution in [2.24, 2.45) is 5.92 Å². The van der Waals surface area contributed by atoms with Gasteiger partial charge in [0.2, 0.25) is 15.9 Å². The molecule has 4 rings (SSSR count). The highest BCUT2D eigenvalue weighted by atomic mass is 35.5. The first-order chi connectivity index (χ1) is 23.9. The van der Waals surface area contributed by atoms with Crippen molar-refractivity contribution in [1.82, 2.24) is 9.62 Å². The van der Waals surface area contributed by atoms with Gasteiger partial charge in [0.05, 0.1) is 11.0 Å². The van der Waals surface area contributed by atoms with Crippen LogP contribution >= 0.6 is 11.6 Å². The second-order valence-corrected chi connectivity index (χ2v) is 15.0. The van der Waals surface area contributed by atoms with Gasteiger partial charge in [-0.3, -0.25) is 4.79 Å². The predicted molar refractivity (Wildman–Crippen MR) is 190 cm³/mol. The van der Waals surface area contributed by atoms with Crippen molar-refractivity contribution < 1.29 is 36.3 Å². The summed E-state index contributed by atoms with van der Waals surface area (Å²) in [7, 11) is -4.16. The fourth-order valence-electron chi connectivity index (χ4n) is 6.19. The Morgan fingerprint density at radius 1 is 1.02 bits per heavy atom. The Labute approximate surface area is 298 Å². The van der Waals surface area contributed by atoms with E-state index in [1.54, 1.807) is 32.0 Å². The molecule has 9 nitrogen and oxygen atoms in total. The smallest absolute Gasteiger partial charge is 0.410 e. The minimum absolute atomic E-state index is 0.0264. The molecule has 3 aromatic carbocycles. The van der Waals surface area contributed by atoms with Crippen LogP contribution in [0.4, 0.5) is 19.3 Å². The summed E-state index contributed by atoms with van der Waals surface area (Å²) in [6.07, 6.45) is 1.44. The number of carbonyl (C=O) groups is 2. The Hall–Kier alpha value is -3.58. The number of hydrogen-bond donors (Lipinski definition) is 2. The molecule has 2 amide bonds. The Morgan fingerprint density at radius 3 is 2.34 bits per heavy atom. The molecule has 2 unspecified atom stereocenters. The van der Waals surface area contributed by atoms with Crippen LogP contribution in [-0.2, 0) is 30.7 Å². The van der Waals surface area contributed by atoms with Crippen LogP contribution in [0.2, 0.25) is 5.02 Å². The minimum atomic E-state index is -4.16. The lowest BCUT2D eigenvalue weighted by atomic mass is 9.79. The number of rotatable bonds is 16. The van der Waals surface area contributed by atoms with Gasteiger partial charge in [0.1, 0.15) is 11.6 Å². The molecule has 1 saturated heterocycles. The summed E-state index contributed by atoms with van der Waals surface area (Å²) in [5.41, 5.74) is 1.47. The zero-order valence-corrected chi connectivity index (χ0v) is 30.2. The Morgan fingerprint density at radius 2 is 1.70 bits per heavy atom. The lowest BCUT2D eigenvalue weighted by Crippen LogP contribution is -2.46. The van der Waals surface area contributed by atoms with Crippen LogP contribution in [-0.4, -0.2) is 63.8 Å². The molecule has 0 aliphatic carbocycles. The standard InChI is InChI=1S/C37H46ClF2N3O6S/c1-4-20-43(37(45)49-25(2)3)24-30(42-50(46,47)31-15-12-29(39)13-16-31)14-17-32-34(40)6-5-7-35(32)41-36(44)23-33(27-18-21-48-22-19-27)26-8-10-28(38)11-9-26/h5-13,15-16,25,27,30,33,42H,4,14,17-24H2,1-3H3,(H,41,44). The highest BCUT2D eigenvalue weighted by molar-refractivity contribution is 7.89. The van der Waals surface area contributed by atoms with Crippen molar-refractivity contribution in [3.63, 3.8) is 0 Å². The first kappa shape index (κ1) is 39.2. The maximum absolute atomic E-state index is 15.5. The van der Waals surface area contributed by atoms with Gasteiger partial charge in [0, 0.05) is 55.0 Å². The van der Waals surface area contributed by atoms with Gasteiger partial charge in [0.25, 0.3) is 0 Å². The monoisotopic (exact) mass is 733 g/mol. The number of hydrogen-bond acceptors (Lipinski definition) is 6. The van der Waals surface area contributed by atoms with Gasteiger partial charge in [-0.15, -0.1) is 0 Å². The number of nitrogens with zero attached hydrogens (tertiary/aromatic N) is 1. The summed E-state index contributed by atoms with van der Waals surface area (Å²) in [6.45, 7) is 6.76. The molecule has 0 spiro atoms. The summed E-state index contributed by atoms with van der Waals surface area (Å²) in [5.74, 6) is -1.33. The van der Waals surface area contributed by atoms with E-state index in [1.165, 1.54) is 17.0 Å². The van der Waals surface area contributed by atoms with E-state index in [9.17, 15) is 22.4 Å². The van der Waals surface area contributed by atoms with Crippen molar-refractivity contribution in [2.75, 3.05) is 31.6 Å². The molecule has 2 atom stereocenters. The predicted octanol–water partition coefficient (Wildman–Crippen LogP) is 7.69. The van der Waals surface area contributed by atoms with Gasteiger partial charge in [0.15, 0.2) is 0 Å². The van der Waals surface area contributed by atoms with E-state index < -0.39 is 39.9 Å². The van der Waals surface area contributed by atoms with E-state index >= 15 is 4.39 Å². The lowest BCUT2D eigenvalue weighted by molar-refractivity contribution is -0.117. The van der Waals surface area contributed by atoms with Gasteiger partial charge in [-0.1, -0.05) is 36.7 Å². The fourth-order valence-corrected chi connectivity index (χ4v) is 7.58. The van der Waals surface area contributed by atoms with Crippen molar-refractivity contribution >= 4 is 39.3 Å². The third kappa shape index (κ3) is 11.5. The van der Waals surface area contributed by atoms with E-state index in [2.05, 4.69) is 10.0 Å². The highest BCUT2D eigenvalue weighted by Gasteiger charge is 2.29. The second kappa shape index (κ2) is 18.6. The zero-order valence-electron chi connectivity index (χ0n) is 28.7. The maximum atomic E-state index is 15.5. The normalized spacial score (nSPS) is 15.0. The molecule has 1 heterocycles. The number of amides is 2. The minimum Gasteiger partial charge on any atom is -0.447 e. The number of benzene rings is 3. The molecule has 3 aromatic rings. The quantitative estimate of drug-likeness (QED) is 0.156. The third-order valence-electron chi connectivity index (χ3n) is 8.65. The summed E-state index contributed by atoms with van der Waals surface area (Å²) >= 11 is 6.14. The fraction of sp³-hybridized carbons (Fsp3) is 0.459. The Kier molecular flexibility index (Phi) is 14.6. The van der Waals surface area contributed by atoms with Gasteiger partial charge in [-0.05, 0) is 112 Å².